The number of aryl methyl sites for hydroxylation is 1. The first-order valence-electron chi connectivity index (χ1n) is 12.0. The van der Waals surface area contributed by atoms with Crippen molar-refractivity contribution in [3.05, 3.63) is 83.6 Å². The maximum absolute atomic E-state index is 13.3. The second-order valence-corrected chi connectivity index (χ2v) is 8.45. The lowest BCUT2D eigenvalue weighted by atomic mass is 9.88. The Morgan fingerprint density at radius 3 is 2.61 bits per heavy atom. The van der Waals surface area contributed by atoms with E-state index in [1.165, 1.54) is 5.56 Å². The number of amides is 1. The Kier molecular flexibility index (Phi) is 8.70. The third kappa shape index (κ3) is 5.65. The number of piperazine rings is 1. The van der Waals surface area contributed by atoms with Crippen LogP contribution in [0.5, 0.6) is 0 Å². The number of hydrogen-bond acceptors (Lipinski definition) is 4. The summed E-state index contributed by atoms with van der Waals surface area (Å²) in [5.41, 5.74) is 4.50. The molecule has 2 aliphatic heterocycles. The lowest BCUT2D eigenvalue weighted by molar-refractivity contribution is -0.152. The molecule has 0 aliphatic carbocycles. The van der Waals surface area contributed by atoms with Gasteiger partial charge in [-0.3, -0.25) is 4.79 Å². The van der Waals surface area contributed by atoms with Crippen LogP contribution in [0.25, 0.3) is 0 Å². The van der Waals surface area contributed by atoms with Crippen LogP contribution in [0, 0.1) is 0 Å². The Bertz CT molecular complexity index is 945. The maximum atomic E-state index is 13.3. The Hall–Kier alpha value is -3.08. The highest BCUT2D eigenvalue weighted by molar-refractivity contribution is 5.84. The van der Waals surface area contributed by atoms with Gasteiger partial charge in [0.2, 0.25) is 5.91 Å². The number of carbonyl (C=O) groups is 2. The number of allylic oxidation sites excluding steroid dienone is 3. The van der Waals surface area contributed by atoms with E-state index < -0.39 is 6.04 Å². The summed E-state index contributed by atoms with van der Waals surface area (Å²) in [4.78, 5) is 30.4. The number of fused-ring (bicyclic) bond motifs is 1. The molecule has 0 spiro atoms. The molecule has 2 unspecified atom stereocenters. The molecule has 2 atom stereocenters. The van der Waals surface area contributed by atoms with Crippen molar-refractivity contribution in [2.45, 2.75) is 58.5 Å². The summed E-state index contributed by atoms with van der Waals surface area (Å²) in [6.07, 6.45) is 11.0. The van der Waals surface area contributed by atoms with Crippen LogP contribution in [0.2, 0.25) is 0 Å². The van der Waals surface area contributed by atoms with Gasteiger partial charge in [-0.15, -0.1) is 0 Å². The largest absolute Gasteiger partial charge is 0.464 e. The van der Waals surface area contributed by atoms with Crippen LogP contribution >= 0.6 is 0 Å². The van der Waals surface area contributed by atoms with Crippen LogP contribution in [-0.2, 0) is 20.7 Å². The van der Waals surface area contributed by atoms with E-state index in [0.717, 1.165) is 29.7 Å². The van der Waals surface area contributed by atoms with Crippen molar-refractivity contribution in [2.75, 3.05) is 19.7 Å². The highest BCUT2D eigenvalue weighted by Gasteiger charge is 2.43. The Balaban J connectivity index is 1.95. The molecular formula is C28H36N2O3. The molecule has 1 fully saturated rings. The molecule has 0 aromatic heterocycles. The fourth-order valence-corrected chi connectivity index (χ4v) is 4.81. The first-order valence-corrected chi connectivity index (χ1v) is 12.0. The van der Waals surface area contributed by atoms with Gasteiger partial charge >= 0.3 is 5.97 Å². The number of hydrogen-bond donors (Lipinski definition) is 0. The van der Waals surface area contributed by atoms with E-state index in [2.05, 4.69) is 37.8 Å². The Labute approximate surface area is 198 Å². The molecule has 3 rings (SSSR count). The van der Waals surface area contributed by atoms with E-state index in [4.69, 9.17) is 4.74 Å². The molecule has 0 bridgehead atoms. The minimum atomic E-state index is -0.498. The molecule has 1 aromatic rings. The molecule has 1 aromatic carbocycles. The molecular weight excluding hydrogens is 412 g/mol. The van der Waals surface area contributed by atoms with E-state index in [9.17, 15) is 9.59 Å². The van der Waals surface area contributed by atoms with Gasteiger partial charge in [-0.1, -0.05) is 68.1 Å². The topological polar surface area (TPSA) is 49.9 Å². The zero-order valence-electron chi connectivity index (χ0n) is 20.1. The third-order valence-electron chi connectivity index (χ3n) is 6.35. The van der Waals surface area contributed by atoms with Crippen molar-refractivity contribution in [3.63, 3.8) is 0 Å². The van der Waals surface area contributed by atoms with Gasteiger partial charge in [-0.2, -0.15) is 0 Å². The fraction of sp³-hybridized carbons (Fsp3) is 0.429. The van der Waals surface area contributed by atoms with Gasteiger partial charge in [0.1, 0.15) is 6.04 Å². The van der Waals surface area contributed by atoms with E-state index in [1.807, 2.05) is 54.0 Å². The quantitative estimate of drug-likeness (QED) is 0.508. The molecule has 1 saturated heterocycles. The predicted octanol–water partition coefficient (Wildman–Crippen LogP) is 4.82. The van der Waals surface area contributed by atoms with Gasteiger partial charge in [0.25, 0.3) is 0 Å². The van der Waals surface area contributed by atoms with Crippen LogP contribution < -0.4 is 0 Å². The van der Waals surface area contributed by atoms with Crippen molar-refractivity contribution in [1.82, 2.24) is 9.80 Å². The zero-order valence-corrected chi connectivity index (χ0v) is 20.1. The summed E-state index contributed by atoms with van der Waals surface area (Å²) in [5.74, 6) is -0.214. The molecule has 5 heteroatoms. The second-order valence-electron chi connectivity index (χ2n) is 8.45. The highest BCUT2D eigenvalue weighted by Crippen LogP contribution is 2.35. The summed E-state index contributed by atoms with van der Waals surface area (Å²) in [6.45, 7) is 11.0. The average molecular weight is 449 g/mol. The molecule has 1 amide bonds. The van der Waals surface area contributed by atoms with E-state index >= 15 is 0 Å². The van der Waals surface area contributed by atoms with Gasteiger partial charge in [0, 0.05) is 12.2 Å². The summed E-state index contributed by atoms with van der Waals surface area (Å²) < 4.78 is 5.47. The summed E-state index contributed by atoms with van der Waals surface area (Å²) >= 11 is 0. The maximum Gasteiger partial charge on any atom is 0.328 e. The number of nitrogens with zero attached hydrogens (tertiary/aromatic N) is 2. The van der Waals surface area contributed by atoms with Gasteiger partial charge in [-0.25, -0.2) is 4.79 Å². The Morgan fingerprint density at radius 1 is 1.21 bits per heavy atom. The number of carbonyl (C=O) groups excluding carboxylic acids is 2. The first-order chi connectivity index (χ1) is 16.0. The van der Waals surface area contributed by atoms with Crippen LogP contribution in [0.1, 0.15) is 45.6 Å². The standard InChI is InChI=1S/C28H36N2O3/c1-5-12-23-19-30-26(18-22(23)7-3)24(13-6-2)29(20-27(30)31)25(28(32)33-8-4)17-16-21-14-10-9-11-15-21/h5,7,9-15,25-26H,3,6,8,16-20H2,1-2,4H3/b12-5-,24-13-. The van der Waals surface area contributed by atoms with Crippen molar-refractivity contribution < 1.29 is 14.3 Å². The van der Waals surface area contributed by atoms with E-state index in [-0.39, 0.29) is 24.5 Å². The van der Waals surface area contributed by atoms with Gasteiger partial charge in [-0.05, 0) is 56.2 Å². The monoisotopic (exact) mass is 448 g/mol. The molecule has 0 saturated carbocycles. The second kappa shape index (κ2) is 11.7. The minimum Gasteiger partial charge on any atom is -0.464 e. The molecule has 176 valence electrons. The summed E-state index contributed by atoms with van der Waals surface area (Å²) in [7, 11) is 0. The first kappa shape index (κ1) is 24.6. The zero-order chi connectivity index (χ0) is 23.8. The molecule has 33 heavy (non-hydrogen) atoms. The number of esters is 1. The van der Waals surface area contributed by atoms with Gasteiger partial charge in [0.15, 0.2) is 0 Å². The van der Waals surface area contributed by atoms with Crippen LogP contribution in [0.15, 0.2) is 78.1 Å². The smallest absolute Gasteiger partial charge is 0.328 e. The average Bonchev–Trinajstić information content (AvgIpc) is 2.82. The van der Waals surface area contributed by atoms with Crippen LogP contribution in [0.3, 0.4) is 0 Å². The lowest BCUT2D eigenvalue weighted by Crippen LogP contribution is -2.60. The van der Waals surface area contributed by atoms with Crippen molar-refractivity contribution in [3.8, 4) is 0 Å². The fourth-order valence-electron chi connectivity index (χ4n) is 4.81. The number of ether oxygens (including phenoxy) is 1. The summed E-state index contributed by atoms with van der Waals surface area (Å²) in [6, 6.07) is 9.55. The highest BCUT2D eigenvalue weighted by atomic mass is 16.5. The van der Waals surface area contributed by atoms with Crippen molar-refractivity contribution >= 4 is 11.9 Å². The Morgan fingerprint density at radius 2 is 1.97 bits per heavy atom. The minimum absolute atomic E-state index is 0.0485. The SMILES string of the molecule is C=CC1=C(/C=C\C)CN2C(=O)CN(C(CCc3ccccc3)C(=O)OCC)/C(=C\CC)C2C1. The molecule has 2 heterocycles. The van der Waals surface area contributed by atoms with E-state index in [0.29, 0.717) is 26.0 Å². The summed E-state index contributed by atoms with van der Waals surface area (Å²) in [5, 5.41) is 0. The molecule has 0 N–H and O–H groups in total. The molecule has 5 nitrogen and oxygen atoms in total. The van der Waals surface area contributed by atoms with Crippen LogP contribution in [-0.4, -0.2) is 53.5 Å². The van der Waals surface area contributed by atoms with Crippen LogP contribution in [0.4, 0.5) is 0 Å². The normalized spacial score (nSPS) is 20.9. The number of rotatable bonds is 9. The number of benzene rings is 1. The lowest BCUT2D eigenvalue weighted by Gasteiger charge is -2.48. The van der Waals surface area contributed by atoms with E-state index in [1.54, 1.807) is 0 Å². The predicted molar refractivity (Wildman–Crippen MR) is 132 cm³/mol. The van der Waals surface area contributed by atoms with Gasteiger partial charge in [0.05, 0.1) is 19.2 Å². The van der Waals surface area contributed by atoms with Crippen molar-refractivity contribution in [1.29, 1.82) is 0 Å². The molecule has 0 radical (unpaired) electrons. The third-order valence-corrected chi connectivity index (χ3v) is 6.35. The van der Waals surface area contributed by atoms with Crippen molar-refractivity contribution in [2.24, 2.45) is 0 Å². The molecule has 2 aliphatic rings. The van der Waals surface area contributed by atoms with Gasteiger partial charge < -0.3 is 14.5 Å².